The maximum atomic E-state index is 14.8. The molecule has 0 unspecified atom stereocenters. The smallest absolute Gasteiger partial charge is 0.407 e. The van der Waals surface area contributed by atoms with E-state index in [1.165, 1.54) is 23.5 Å². The van der Waals surface area contributed by atoms with E-state index in [4.69, 9.17) is 11.3 Å². The average Bonchev–Trinajstić information content (AvgIpc) is 3.59. The van der Waals surface area contributed by atoms with Gasteiger partial charge in [-0.15, -0.1) is 16.4 Å². The van der Waals surface area contributed by atoms with Crippen molar-refractivity contribution in [3.05, 3.63) is 64.6 Å². The summed E-state index contributed by atoms with van der Waals surface area (Å²) in [7, 11) is 0. The molecule has 1 saturated carbocycles. The fourth-order valence-corrected chi connectivity index (χ4v) is 7.00. The van der Waals surface area contributed by atoms with E-state index < -0.39 is 23.1 Å². The van der Waals surface area contributed by atoms with Gasteiger partial charge in [-0.25, -0.2) is 18.7 Å². The number of ether oxygens (including phenoxy) is 1. The maximum Gasteiger partial charge on any atom is 0.407 e. The molecule has 1 saturated heterocycles. The van der Waals surface area contributed by atoms with Crippen molar-refractivity contribution in [2.75, 3.05) is 13.1 Å². The zero-order chi connectivity index (χ0) is 31.9. The van der Waals surface area contributed by atoms with Gasteiger partial charge in [0.1, 0.15) is 16.9 Å². The van der Waals surface area contributed by atoms with E-state index in [0.717, 1.165) is 48.1 Å². The standard InChI is InChI=1S/C33H35FN6O4S/c1-32(2,3)44-31(42)36-22-7-5-14-39(18-22)30(41)28-17-23(20-8-10-25(35-4)24(34)15-20)29(45-28)21-9-11-27-26(16-21)37-38-40(27)19-33(43)12-6-13-33/h8-11,15-17,22,43H,5-7,12-14,18-19H2,1-3H3,(H,36,42)/t22-/m1/s1. The number of fused-ring (bicyclic) bond motifs is 1. The number of aliphatic hydroxyl groups is 1. The Labute approximate surface area is 264 Å². The molecule has 1 aliphatic heterocycles. The van der Waals surface area contributed by atoms with E-state index in [-0.39, 0.29) is 17.6 Å². The Morgan fingerprint density at radius 1 is 1.18 bits per heavy atom. The Balaban J connectivity index is 1.31. The summed E-state index contributed by atoms with van der Waals surface area (Å²) in [4.78, 5) is 32.4. The zero-order valence-electron chi connectivity index (χ0n) is 25.5. The van der Waals surface area contributed by atoms with Gasteiger partial charge in [0.2, 0.25) is 5.69 Å². The van der Waals surface area contributed by atoms with Crippen molar-refractivity contribution in [1.82, 2.24) is 25.2 Å². The lowest BCUT2D eigenvalue weighted by molar-refractivity contribution is -0.0492. The van der Waals surface area contributed by atoms with E-state index in [1.54, 1.807) is 42.5 Å². The minimum Gasteiger partial charge on any atom is -0.444 e. The summed E-state index contributed by atoms with van der Waals surface area (Å²) in [5.41, 5.74) is 1.97. The van der Waals surface area contributed by atoms with Crippen molar-refractivity contribution < 1.29 is 23.8 Å². The van der Waals surface area contributed by atoms with Crippen molar-refractivity contribution >= 4 is 40.1 Å². The number of nitrogens with zero attached hydrogens (tertiary/aromatic N) is 5. The molecule has 3 heterocycles. The molecule has 12 heteroatoms. The number of hydrogen-bond donors (Lipinski definition) is 2. The number of thiophene rings is 1. The van der Waals surface area contributed by atoms with Crippen LogP contribution < -0.4 is 5.32 Å². The number of nitrogens with one attached hydrogen (secondary N) is 1. The monoisotopic (exact) mass is 630 g/mol. The highest BCUT2D eigenvalue weighted by atomic mass is 32.1. The van der Waals surface area contributed by atoms with Gasteiger partial charge in [-0.1, -0.05) is 23.4 Å². The van der Waals surface area contributed by atoms with Crippen molar-refractivity contribution in [3.8, 4) is 21.6 Å². The number of aromatic nitrogens is 3. The molecule has 0 radical (unpaired) electrons. The first kappa shape index (κ1) is 30.7. The second-order valence-corrected chi connectivity index (χ2v) is 13.9. The molecule has 10 nitrogen and oxygen atoms in total. The topological polar surface area (TPSA) is 114 Å². The third-order valence-corrected chi connectivity index (χ3v) is 9.43. The molecule has 0 bridgehead atoms. The van der Waals surface area contributed by atoms with Crippen molar-refractivity contribution in [3.63, 3.8) is 0 Å². The fraction of sp³-hybridized carbons (Fsp3) is 0.424. The molecule has 0 spiro atoms. The lowest BCUT2D eigenvalue weighted by Crippen LogP contribution is -2.50. The Morgan fingerprint density at radius 2 is 1.96 bits per heavy atom. The highest BCUT2D eigenvalue weighted by Gasteiger charge is 2.35. The van der Waals surface area contributed by atoms with Crippen LogP contribution in [0.15, 0.2) is 42.5 Å². The lowest BCUT2D eigenvalue weighted by Gasteiger charge is -2.36. The van der Waals surface area contributed by atoms with Crippen LogP contribution in [0.25, 0.3) is 37.4 Å². The van der Waals surface area contributed by atoms with E-state index in [9.17, 15) is 19.1 Å². The molecule has 1 atom stereocenters. The average molecular weight is 631 g/mol. The third-order valence-electron chi connectivity index (χ3n) is 8.26. The molecule has 2 fully saturated rings. The molecule has 2 aromatic heterocycles. The van der Waals surface area contributed by atoms with Crippen LogP contribution in [0.1, 0.15) is 62.5 Å². The number of hydrogen-bond acceptors (Lipinski definition) is 7. The molecule has 45 heavy (non-hydrogen) atoms. The van der Waals surface area contributed by atoms with Crippen LogP contribution in [-0.2, 0) is 11.3 Å². The van der Waals surface area contributed by atoms with Gasteiger partial charge >= 0.3 is 6.09 Å². The normalized spacial score (nSPS) is 17.9. The first-order valence-corrected chi connectivity index (χ1v) is 15.9. The SMILES string of the molecule is [C-]#[N+]c1ccc(-c2cc(C(=O)N3CCC[C@@H](NC(=O)OC(C)(C)C)C3)sc2-c2ccc3c(c2)nnn3CC2(O)CCC2)cc1F. The number of alkyl carbamates (subject to hydrolysis) is 1. The van der Waals surface area contributed by atoms with Crippen LogP contribution in [0.3, 0.4) is 0 Å². The van der Waals surface area contributed by atoms with Crippen molar-refractivity contribution in [2.24, 2.45) is 0 Å². The Kier molecular flexibility index (Phi) is 8.09. The minimum atomic E-state index is -0.757. The first-order valence-electron chi connectivity index (χ1n) is 15.1. The van der Waals surface area contributed by atoms with E-state index >= 15 is 0 Å². The summed E-state index contributed by atoms with van der Waals surface area (Å²) >= 11 is 1.30. The second kappa shape index (κ2) is 11.9. The molecular weight excluding hydrogens is 595 g/mol. The molecule has 2 amide bonds. The highest BCUT2D eigenvalue weighted by molar-refractivity contribution is 7.18. The first-order chi connectivity index (χ1) is 21.4. The van der Waals surface area contributed by atoms with Crippen LogP contribution in [0.5, 0.6) is 0 Å². The van der Waals surface area contributed by atoms with Crippen LogP contribution in [0.2, 0.25) is 0 Å². The van der Waals surface area contributed by atoms with Crippen LogP contribution in [0, 0.1) is 12.4 Å². The van der Waals surface area contributed by atoms with Gasteiger partial charge in [0.25, 0.3) is 5.91 Å². The van der Waals surface area contributed by atoms with Gasteiger partial charge in [0.05, 0.1) is 29.1 Å². The third kappa shape index (κ3) is 6.55. The molecule has 2 aliphatic rings. The van der Waals surface area contributed by atoms with E-state index in [0.29, 0.717) is 41.2 Å². The summed E-state index contributed by atoms with van der Waals surface area (Å²) in [6.45, 7) is 13.9. The van der Waals surface area contributed by atoms with Gasteiger partial charge < -0.3 is 20.1 Å². The predicted molar refractivity (Wildman–Crippen MR) is 170 cm³/mol. The number of rotatable bonds is 6. The van der Waals surface area contributed by atoms with E-state index in [1.807, 2.05) is 18.2 Å². The van der Waals surface area contributed by atoms with Gasteiger partial charge in [-0.05, 0) is 88.3 Å². The number of amides is 2. The van der Waals surface area contributed by atoms with Crippen LogP contribution >= 0.6 is 11.3 Å². The van der Waals surface area contributed by atoms with Gasteiger partial charge in [0, 0.05) is 29.6 Å². The molecule has 6 rings (SSSR count). The summed E-state index contributed by atoms with van der Waals surface area (Å²) < 4.78 is 21.9. The summed E-state index contributed by atoms with van der Waals surface area (Å²) in [5.74, 6) is -0.811. The van der Waals surface area contributed by atoms with E-state index in [2.05, 4.69) is 20.5 Å². The number of carbonyl (C=O) groups excluding carboxylic acids is 2. The largest absolute Gasteiger partial charge is 0.444 e. The van der Waals surface area contributed by atoms with Crippen molar-refractivity contribution in [2.45, 2.75) is 76.7 Å². The van der Waals surface area contributed by atoms with Gasteiger partial charge in [0.15, 0.2) is 0 Å². The number of piperidine rings is 1. The predicted octanol–water partition coefficient (Wildman–Crippen LogP) is 6.56. The Bertz CT molecular complexity index is 1820. The van der Waals surface area contributed by atoms with Crippen LogP contribution in [0.4, 0.5) is 14.9 Å². The summed E-state index contributed by atoms with van der Waals surface area (Å²) in [6.07, 6.45) is 3.41. The molecule has 4 aromatic rings. The van der Waals surface area contributed by atoms with Crippen molar-refractivity contribution in [1.29, 1.82) is 0 Å². The summed E-state index contributed by atoms with van der Waals surface area (Å²) in [5, 5.41) is 22.2. The Morgan fingerprint density at radius 3 is 2.64 bits per heavy atom. The van der Waals surface area contributed by atoms with Gasteiger partial charge in [-0.2, -0.15) is 0 Å². The quantitative estimate of drug-likeness (QED) is 0.233. The zero-order valence-corrected chi connectivity index (χ0v) is 26.3. The summed E-state index contributed by atoms with van der Waals surface area (Å²) in [6, 6.07) is 11.7. The number of benzene rings is 2. The lowest BCUT2D eigenvalue weighted by atomic mass is 9.80. The number of carbonyl (C=O) groups is 2. The molecule has 2 N–H and O–H groups in total. The Hall–Kier alpha value is -4.34. The number of likely N-dealkylation sites (tertiary alicyclic amines) is 1. The minimum absolute atomic E-state index is 0.0742. The maximum absolute atomic E-state index is 14.8. The number of halogens is 1. The van der Waals surface area contributed by atoms with Crippen LogP contribution in [-0.4, -0.2) is 67.3 Å². The molecule has 234 valence electrons. The van der Waals surface area contributed by atoms with Gasteiger partial charge in [-0.3, -0.25) is 4.79 Å². The molecule has 2 aromatic carbocycles. The highest BCUT2D eigenvalue weighted by Crippen LogP contribution is 2.42. The molecule has 1 aliphatic carbocycles. The fourth-order valence-electron chi connectivity index (χ4n) is 5.85. The molecular formula is C33H35FN6O4S. The second-order valence-electron chi connectivity index (χ2n) is 12.9.